The van der Waals surface area contributed by atoms with Crippen molar-refractivity contribution in [2.75, 3.05) is 27.2 Å². The van der Waals surface area contributed by atoms with Gasteiger partial charge in [-0.15, -0.1) is 17.5 Å². The van der Waals surface area contributed by atoms with Crippen molar-refractivity contribution in [1.82, 2.24) is 30.5 Å². The van der Waals surface area contributed by atoms with Crippen molar-refractivity contribution in [2.45, 2.75) is 32.0 Å². The molecule has 23 heavy (non-hydrogen) atoms. The Hall–Kier alpha value is -1.87. The van der Waals surface area contributed by atoms with Gasteiger partial charge in [0.1, 0.15) is 5.69 Å². The van der Waals surface area contributed by atoms with E-state index in [1.54, 1.807) is 17.9 Å². The Bertz CT molecular complexity index is 538. The number of nitrogens with zero attached hydrogens (tertiary/aromatic N) is 4. The molecule has 1 fully saturated rings. The lowest BCUT2D eigenvalue weighted by molar-refractivity contribution is -0.122. The summed E-state index contributed by atoms with van der Waals surface area (Å²) >= 11 is 0. The zero-order chi connectivity index (χ0) is 16.1. The van der Waals surface area contributed by atoms with Crippen LogP contribution in [0.3, 0.4) is 0 Å². The van der Waals surface area contributed by atoms with Gasteiger partial charge in [0.25, 0.3) is 0 Å². The number of likely N-dealkylation sites (N-methyl/N-ethyl adjacent to an activating group) is 1. The molecule has 10 heteroatoms. The van der Waals surface area contributed by atoms with Crippen LogP contribution in [-0.4, -0.2) is 65.2 Å². The average molecular weight is 347 g/mol. The van der Waals surface area contributed by atoms with E-state index in [2.05, 4.69) is 25.7 Å². The van der Waals surface area contributed by atoms with Crippen molar-refractivity contribution >= 4 is 24.4 Å². The van der Waals surface area contributed by atoms with Crippen LogP contribution < -0.4 is 10.6 Å². The predicted molar refractivity (Wildman–Crippen MR) is 85.3 cm³/mol. The minimum atomic E-state index is -0.423. The molecule has 2 rings (SSSR count). The van der Waals surface area contributed by atoms with Crippen LogP contribution in [-0.2, 0) is 16.1 Å². The third-order valence-electron chi connectivity index (χ3n) is 3.59. The Morgan fingerprint density at radius 2 is 2.30 bits per heavy atom. The molecular formula is C13H23ClN6O3. The molecule has 0 unspecified atom stereocenters. The molecule has 2 amide bonds. The molecule has 1 aliphatic rings. The van der Waals surface area contributed by atoms with Gasteiger partial charge in [-0.05, 0) is 13.3 Å². The largest absolute Gasteiger partial charge is 0.453 e. The van der Waals surface area contributed by atoms with Gasteiger partial charge in [0.2, 0.25) is 5.91 Å². The maximum absolute atomic E-state index is 11.8. The summed E-state index contributed by atoms with van der Waals surface area (Å²) in [5.74, 6) is 0.00997. The molecule has 0 saturated carbocycles. The summed E-state index contributed by atoms with van der Waals surface area (Å²) in [6, 6.07) is -0.118. The van der Waals surface area contributed by atoms with E-state index >= 15 is 0 Å². The molecule has 0 aromatic carbocycles. The molecule has 0 radical (unpaired) electrons. The number of halogens is 1. The number of rotatable bonds is 5. The number of hydrogen-bond acceptors (Lipinski definition) is 6. The Balaban J connectivity index is 0.00000264. The van der Waals surface area contributed by atoms with Gasteiger partial charge < -0.3 is 20.3 Å². The maximum Gasteiger partial charge on any atom is 0.409 e. The minimum Gasteiger partial charge on any atom is -0.453 e. The molecule has 130 valence electrons. The Morgan fingerprint density at radius 1 is 1.57 bits per heavy atom. The van der Waals surface area contributed by atoms with Gasteiger partial charge in [-0.2, -0.15) is 0 Å². The first-order chi connectivity index (χ1) is 10.5. The molecule has 0 aliphatic carbocycles. The highest BCUT2D eigenvalue weighted by atomic mass is 35.5. The Morgan fingerprint density at radius 3 is 2.96 bits per heavy atom. The highest BCUT2D eigenvalue weighted by Gasteiger charge is 2.30. The highest BCUT2D eigenvalue weighted by Crippen LogP contribution is 2.19. The summed E-state index contributed by atoms with van der Waals surface area (Å²) in [5, 5.41) is 14.1. The summed E-state index contributed by atoms with van der Waals surface area (Å²) in [4.78, 5) is 24.6. The molecule has 9 nitrogen and oxygen atoms in total. The van der Waals surface area contributed by atoms with Crippen molar-refractivity contribution in [2.24, 2.45) is 0 Å². The zero-order valence-electron chi connectivity index (χ0n) is 13.5. The van der Waals surface area contributed by atoms with Crippen molar-refractivity contribution < 1.29 is 14.3 Å². The summed E-state index contributed by atoms with van der Waals surface area (Å²) < 4.78 is 6.37. The number of carbonyl (C=O) groups excluding carboxylic acids is 2. The van der Waals surface area contributed by atoms with Crippen LogP contribution in [0.25, 0.3) is 0 Å². The SMILES string of the molecule is CCNC(=O)[C@@H]1C[C@H](n2cc(CN(C)C(=O)OC)nn2)CN1.Cl. The lowest BCUT2D eigenvalue weighted by Crippen LogP contribution is -2.40. The zero-order valence-corrected chi connectivity index (χ0v) is 14.3. The van der Waals surface area contributed by atoms with Gasteiger partial charge in [0.05, 0.1) is 31.9 Å². The fourth-order valence-electron chi connectivity index (χ4n) is 2.44. The van der Waals surface area contributed by atoms with E-state index < -0.39 is 6.09 Å². The molecule has 0 bridgehead atoms. The first-order valence-corrected chi connectivity index (χ1v) is 7.26. The number of nitrogens with one attached hydrogen (secondary N) is 2. The third kappa shape index (κ3) is 4.80. The monoisotopic (exact) mass is 346 g/mol. The van der Waals surface area contributed by atoms with Crippen LogP contribution in [0.5, 0.6) is 0 Å². The summed E-state index contributed by atoms with van der Waals surface area (Å²) in [6.45, 7) is 3.50. The number of aromatic nitrogens is 3. The van der Waals surface area contributed by atoms with Crippen LogP contribution in [0.2, 0.25) is 0 Å². The molecule has 1 aromatic rings. The van der Waals surface area contributed by atoms with E-state index in [9.17, 15) is 9.59 Å². The molecule has 1 saturated heterocycles. The van der Waals surface area contributed by atoms with Crippen LogP contribution >= 0.6 is 12.4 Å². The highest BCUT2D eigenvalue weighted by molar-refractivity contribution is 5.85. The predicted octanol–water partition coefficient (Wildman–Crippen LogP) is -0.0628. The van der Waals surface area contributed by atoms with Crippen LogP contribution in [0.4, 0.5) is 4.79 Å². The fourth-order valence-corrected chi connectivity index (χ4v) is 2.44. The van der Waals surface area contributed by atoms with Crippen molar-refractivity contribution in [3.63, 3.8) is 0 Å². The van der Waals surface area contributed by atoms with Gasteiger partial charge in [0.15, 0.2) is 0 Å². The second-order valence-electron chi connectivity index (χ2n) is 5.26. The molecular weight excluding hydrogens is 324 g/mol. The number of carbonyl (C=O) groups is 2. The molecule has 1 aromatic heterocycles. The van der Waals surface area contributed by atoms with E-state index in [-0.39, 0.29) is 30.4 Å². The lowest BCUT2D eigenvalue weighted by Gasteiger charge is -2.13. The Kier molecular flexibility index (Phi) is 7.24. The van der Waals surface area contributed by atoms with Crippen molar-refractivity contribution in [3.05, 3.63) is 11.9 Å². The number of hydrogen-bond donors (Lipinski definition) is 2. The van der Waals surface area contributed by atoms with Gasteiger partial charge in [-0.3, -0.25) is 4.79 Å². The Labute approximate surface area is 141 Å². The molecule has 2 heterocycles. The van der Waals surface area contributed by atoms with E-state index in [1.165, 1.54) is 12.0 Å². The van der Waals surface area contributed by atoms with E-state index in [0.717, 1.165) is 0 Å². The van der Waals surface area contributed by atoms with E-state index in [4.69, 9.17) is 0 Å². The number of amides is 2. The maximum atomic E-state index is 11.8. The molecule has 1 aliphatic heterocycles. The van der Waals surface area contributed by atoms with Crippen molar-refractivity contribution in [1.29, 1.82) is 0 Å². The standard InChI is InChI=1S/C13H22N6O3.ClH/c1-4-14-12(20)11-5-10(6-15-11)19-8-9(16-17-19)7-18(2)13(21)22-3;/h8,10-11,15H,4-7H2,1-3H3,(H,14,20);1H/t10-,11-;/m0./s1. The molecule has 2 atom stereocenters. The fraction of sp³-hybridized carbons (Fsp3) is 0.692. The first kappa shape index (κ1) is 19.2. The molecule has 2 N–H and O–H groups in total. The molecule has 0 spiro atoms. The average Bonchev–Trinajstić information content (AvgIpc) is 3.15. The normalized spacial score (nSPS) is 19.8. The third-order valence-corrected chi connectivity index (χ3v) is 3.59. The van der Waals surface area contributed by atoms with Crippen LogP contribution in [0.1, 0.15) is 25.1 Å². The van der Waals surface area contributed by atoms with Gasteiger partial charge >= 0.3 is 6.09 Å². The lowest BCUT2D eigenvalue weighted by atomic mass is 10.1. The van der Waals surface area contributed by atoms with Gasteiger partial charge in [-0.25, -0.2) is 9.48 Å². The quantitative estimate of drug-likeness (QED) is 0.774. The number of ether oxygens (including phenoxy) is 1. The van der Waals surface area contributed by atoms with E-state index in [1.807, 2.05) is 6.92 Å². The smallest absolute Gasteiger partial charge is 0.409 e. The summed E-state index contributed by atoms with van der Waals surface area (Å²) in [5.41, 5.74) is 0.675. The summed E-state index contributed by atoms with van der Waals surface area (Å²) in [7, 11) is 2.97. The second-order valence-corrected chi connectivity index (χ2v) is 5.26. The van der Waals surface area contributed by atoms with Crippen LogP contribution in [0, 0.1) is 0 Å². The van der Waals surface area contributed by atoms with E-state index in [0.29, 0.717) is 31.7 Å². The number of methoxy groups -OCH3 is 1. The minimum absolute atomic E-state index is 0. The topological polar surface area (TPSA) is 101 Å². The van der Waals surface area contributed by atoms with Crippen LogP contribution in [0.15, 0.2) is 6.20 Å². The van der Waals surface area contributed by atoms with Gasteiger partial charge in [0, 0.05) is 20.1 Å². The second kappa shape index (κ2) is 8.68. The van der Waals surface area contributed by atoms with Gasteiger partial charge in [-0.1, -0.05) is 5.21 Å². The van der Waals surface area contributed by atoms with Crippen molar-refractivity contribution in [3.8, 4) is 0 Å². The summed E-state index contributed by atoms with van der Waals surface area (Å²) in [6.07, 6.45) is 2.04. The first-order valence-electron chi connectivity index (χ1n) is 7.26.